The van der Waals surface area contributed by atoms with Crippen molar-refractivity contribution < 1.29 is 24.0 Å². The minimum atomic E-state index is -0.611. The first-order chi connectivity index (χ1) is 12.4. The molecule has 9 heteroatoms. The van der Waals surface area contributed by atoms with Crippen LogP contribution in [0, 0.1) is 10.1 Å². The molecular formula is C17H15N3O6. The van der Waals surface area contributed by atoms with Gasteiger partial charge in [-0.15, -0.1) is 0 Å². The van der Waals surface area contributed by atoms with Gasteiger partial charge in [-0.1, -0.05) is 0 Å². The first-order valence-electron chi connectivity index (χ1n) is 7.59. The van der Waals surface area contributed by atoms with Gasteiger partial charge in [-0.25, -0.2) is 0 Å². The SMILES string of the molecule is COc1ccc([N+](=O)[O-])cc1CN1C(=O)COc2cc(C(N)=O)ccc21. The Bertz CT molecular complexity index is 911. The summed E-state index contributed by atoms with van der Waals surface area (Å²) in [6.07, 6.45) is 0. The second kappa shape index (κ2) is 6.71. The van der Waals surface area contributed by atoms with E-state index in [4.69, 9.17) is 15.2 Å². The van der Waals surface area contributed by atoms with Crippen LogP contribution in [-0.2, 0) is 11.3 Å². The van der Waals surface area contributed by atoms with E-state index in [2.05, 4.69) is 0 Å². The average molecular weight is 357 g/mol. The molecule has 0 radical (unpaired) electrons. The first kappa shape index (κ1) is 17.2. The number of hydrogen-bond donors (Lipinski definition) is 1. The second-order valence-electron chi connectivity index (χ2n) is 5.57. The van der Waals surface area contributed by atoms with Crippen LogP contribution in [0.15, 0.2) is 36.4 Å². The Kier molecular flexibility index (Phi) is 4.44. The predicted molar refractivity (Wildman–Crippen MR) is 91.3 cm³/mol. The summed E-state index contributed by atoms with van der Waals surface area (Å²) in [7, 11) is 1.44. The van der Waals surface area contributed by atoms with Gasteiger partial charge in [-0.05, 0) is 24.3 Å². The molecule has 26 heavy (non-hydrogen) atoms. The molecule has 9 nitrogen and oxygen atoms in total. The highest BCUT2D eigenvalue weighted by Crippen LogP contribution is 2.35. The van der Waals surface area contributed by atoms with Crippen molar-refractivity contribution in [1.82, 2.24) is 0 Å². The van der Waals surface area contributed by atoms with Crippen molar-refractivity contribution in [2.24, 2.45) is 5.73 Å². The van der Waals surface area contributed by atoms with Gasteiger partial charge in [0.2, 0.25) is 5.91 Å². The highest BCUT2D eigenvalue weighted by Gasteiger charge is 2.27. The van der Waals surface area contributed by atoms with Gasteiger partial charge >= 0.3 is 0 Å². The first-order valence-corrected chi connectivity index (χ1v) is 7.59. The summed E-state index contributed by atoms with van der Waals surface area (Å²) >= 11 is 0. The number of hydrogen-bond acceptors (Lipinski definition) is 6. The molecule has 2 amide bonds. The van der Waals surface area contributed by atoms with Crippen molar-refractivity contribution in [2.45, 2.75) is 6.54 Å². The number of non-ortho nitro benzene ring substituents is 1. The topological polar surface area (TPSA) is 125 Å². The number of carbonyl (C=O) groups is 2. The van der Waals surface area contributed by atoms with E-state index in [1.165, 1.54) is 42.3 Å². The number of methoxy groups -OCH3 is 1. The van der Waals surface area contributed by atoms with Crippen molar-refractivity contribution in [3.05, 3.63) is 57.6 Å². The number of nitro groups is 1. The summed E-state index contributed by atoms with van der Waals surface area (Å²) in [5.74, 6) is -0.173. The van der Waals surface area contributed by atoms with Crippen molar-refractivity contribution >= 4 is 23.2 Å². The molecule has 0 spiro atoms. The van der Waals surface area contributed by atoms with Crippen molar-refractivity contribution in [1.29, 1.82) is 0 Å². The molecule has 1 aliphatic rings. The Hall–Kier alpha value is -3.62. The average Bonchev–Trinajstić information content (AvgIpc) is 2.63. The normalized spacial score (nSPS) is 13.0. The monoisotopic (exact) mass is 357 g/mol. The van der Waals surface area contributed by atoms with Gasteiger partial charge in [0.1, 0.15) is 11.5 Å². The number of rotatable bonds is 5. The number of carbonyl (C=O) groups excluding carboxylic acids is 2. The van der Waals surface area contributed by atoms with E-state index >= 15 is 0 Å². The van der Waals surface area contributed by atoms with E-state index < -0.39 is 10.8 Å². The van der Waals surface area contributed by atoms with Crippen LogP contribution in [0.5, 0.6) is 11.5 Å². The van der Waals surface area contributed by atoms with Crippen LogP contribution in [0.25, 0.3) is 0 Å². The Morgan fingerprint density at radius 2 is 2.12 bits per heavy atom. The molecule has 0 atom stereocenters. The van der Waals surface area contributed by atoms with E-state index in [1.807, 2.05) is 0 Å². The fourth-order valence-electron chi connectivity index (χ4n) is 2.70. The van der Waals surface area contributed by atoms with Crippen LogP contribution >= 0.6 is 0 Å². The maximum Gasteiger partial charge on any atom is 0.270 e. The van der Waals surface area contributed by atoms with Gasteiger partial charge in [-0.2, -0.15) is 0 Å². The van der Waals surface area contributed by atoms with Crippen LogP contribution in [0.4, 0.5) is 11.4 Å². The summed E-state index contributed by atoms with van der Waals surface area (Å²) in [6, 6.07) is 8.67. The van der Waals surface area contributed by atoms with Gasteiger partial charge in [0.05, 0.1) is 24.3 Å². The number of amides is 2. The molecule has 2 aromatic carbocycles. The standard InChI is InChI=1S/C17H15N3O6/c1-25-14-5-3-12(20(23)24)6-11(14)8-19-13-4-2-10(17(18)22)7-15(13)26-9-16(19)21/h2-7H,8-9H2,1H3,(H2,18,22). The number of fused-ring (bicyclic) bond motifs is 1. The Morgan fingerprint density at radius 1 is 1.35 bits per heavy atom. The van der Waals surface area contributed by atoms with E-state index in [1.54, 1.807) is 6.07 Å². The fraction of sp³-hybridized carbons (Fsp3) is 0.176. The van der Waals surface area contributed by atoms with Crippen LogP contribution in [-0.4, -0.2) is 30.5 Å². The highest BCUT2D eigenvalue weighted by atomic mass is 16.6. The third-order valence-electron chi connectivity index (χ3n) is 3.99. The molecule has 0 saturated heterocycles. The molecular weight excluding hydrogens is 342 g/mol. The largest absolute Gasteiger partial charge is 0.496 e. The van der Waals surface area contributed by atoms with Crippen molar-refractivity contribution in [2.75, 3.05) is 18.6 Å². The molecule has 0 aliphatic carbocycles. The number of anilines is 1. The minimum absolute atomic E-state index is 0.0516. The zero-order chi connectivity index (χ0) is 18.8. The number of ether oxygens (including phenoxy) is 2. The fourth-order valence-corrected chi connectivity index (χ4v) is 2.70. The summed E-state index contributed by atoms with van der Waals surface area (Å²) in [4.78, 5) is 35.6. The number of primary amides is 1. The van der Waals surface area contributed by atoms with E-state index in [9.17, 15) is 19.7 Å². The number of nitrogens with zero attached hydrogens (tertiary/aromatic N) is 2. The van der Waals surface area contributed by atoms with Crippen LogP contribution in [0.3, 0.4) is 0 Å². The summed E-state index contributed by atoms with van der Waals surface area (Å²) < 4.78 is 10.6. The molecule has 0 saturated carbocycles. The molecule has 0 bridgehead atoms. The number of benzene rings is 2. The molecule has 0 aromatic heterocycles. The summed E-state index contributed by atoms with van der Waals surface area (Å²) in [5, 5.41) is 11.0. The van der Waals surface area contributed by atoms with E-state index in [-0.39, 0.29) is 30.3 Å². The molecule has 2 aromatic rings. The third kappa shape index (κ3) is 3.14. The Balaban J connectivity index is 2.00. The lowest BCUT2D eigenvalue weighted by Crippen LogP contribution is -2.38. The second-order valence-corrected chi connectivity index (χ2v) is 5.57. The number of nitro benzene ring substituents is 1. The zero-order valence-electron chi connectivity index (χ0n) is 13.8. The summed E-state index contributed by atoms with van der Waals surface area (Å²) in [6.45, 7) is -0.164. The van der Waals surface area contributed by atoms with Gasteiger partial charge in [0.15, 0.2) is 6.61 Å². The summed E-state index contributed by atoms with van der Waals surface area (Å²) in [5.41, 5.74) is 6.33. The Labute approximate surface area is 148 Å². The van der Waals surface area contributed by atoms with Gasteiger partial charge in [-0.3, -0.25) is 19.7 Å². The van der Waals surface area contributed by atoms with Crippen LogP contribution < -0.4 is 20.1 Å². The molecule has 1 heterocycles. The lowest BCUT2D eigenvalue weighted by molar-refractivity contribution is -0.384. The molecule has 1 aliphatic heterocycles. The smallest absolute Gasteiger partial charge is 0.270 e. The van der Waals surface area contributed by atoms with Gasteiger partial charge in [0.25, 0.3) is 11.6 Å². The zero-order valence-corrected chi connectivity index (χ0v) is 13.8. The van der Waals surface area contributed by atoms with Crippen LogP contribution in [0.2, 0.25) is 0 Å². The molecule has 3 rings (SSSR count). The lowest BCUT2D eigenvalue weighted by atomic mass is 10.1. The maximum absolute atomic E-state index is 12.3. The maximum atomic E-state index is 12.3. The third-order valence-corrected chi connectivity index (χ3v) is 3.99. The van der Waals surface area contributed by atoms with E-state index in [0.717, 1.165) is 0 Å². The molecule has 2 N–H and O–H groups in total. The van der Waals surface area contributed by atoms with Gasteiger partial charge in [0, 0.05) is 23.3 Å². The highest BCUT2D eigenvalue weighted by molar-refractivity contribution is 6.00. The molecule has 0 fully saturated rings. The number of nitrogens with two attached hydrogens (primary N) is 1. The van der Waals surface area contributed by atoms with Crippen LogP contribution in [0.1, 0.15) is 15.9 Å². The predicted octanol–water partition coefficient (Wildman–Crippen LogP) is 1.63. The Morgan fingerprint density at radius 3 is 2.77 bits per heavy atom. The minimum Gasteiger partial charge on any atom is -0.496 e. The quantitative estimate of drug-likeness (QED) is 0.640. The molecule has 134 valence electrons. The molecule has 0 unspecified atom stereocenters. The van der Waals surface area contributed by atoms with Gasteiger partial charge < -0.3 is 20.1 Å². The lowest BCUT2D eigenvalue weighted by Gasteiger charge is -2.30. The van der Waals surface area contributed by atoms with Crippen molar-refractivity contribution in [3.8, 4) is 11.5 Å². The van der Waals surface area contributed by atoms with Crippen molar-refractivity contribution in [3.63, 3.8) is 0 Å². The van der Waals surface area contributed by atoms with E-state index in [0.29, 0.717) is 22.7 Å².